The summed E-state index contributed by atoms with van der Waals surface area (Å²) in [6.45, 7) is 9.17. The molecule has 0 saturated carbocycles. The molecule has 8 nitrogen and oxygen atoms in total. The minimum Gasteiger partial charge on any atom is -0.497 e. The van der Waals surface area contributed by atoms with Crippen molar-refractivity contribution in [1.82, 2.24) is 9.80 Å². The van der Waals surface area contributed by atoms with Gasteiger partial charge in [0.2, 0.25) is 0 Å². The van der Waals surface area contributed by atoms with E-state index in [-0.39, 0.29) is 30.1 Å². The predicted molar refractivity (Wildman–Crippen MR) is 124 cm³/mol. The van der Waals surface area contributed by atoms with E-state index < -0.39 is 5.60 Å². The van der Waals surface area contributed by atoms with Crippen molar-refractivity contribution >= 4 is 36.0 Å². The number of carbonyl (C=O) groups excluding carboxylic acids is 1. The molecule has 0 unspecified atom stereocenters. The van der Waals surface area contributed by atoms with Crippen molar-refractivity contribution in [2.45, 2.75) is 32.8 Å². The third kappa shape index (κ3) is 8.97. The molecule has 0 radical (unpaired) electrons. The first-order valence-electron chi connectivity index (χ1n) is 9.58. The Morgan fingerprint density at radius 3 is 2.38 bits per heavy atom. The molecule has 1 aromatic carbocycles. The summed E-state index contributed by atoms with van der Waals surface area (Å²) < 4.78 is 16.3. The van der Waals surface area contributed by atoms with Gasteiger partial charge in [-0.3, -0.25) is 4.99 Å². The molecule has 9 heteroatoms. The van der Waals surface area contributed by atoms with Gasteiger partial charge < -0.3 is 29.7 Å². The molecule has 0 spiro atoms. The van der Waals surface area contributed by atoms with Crippen LogP contribution in [0.2, 0.25) is 0 Å². The van der Waals surface area contributed by atoms with Crippen LogP contribution in [0.1, 0.15) is 27.2 Å². The molecule has 0 bridgehead atoms. The van der Waals surface area contributed by atoms with E-state index in [0.29, 0.717) is 45.3 Å². The van der Waals surface area contributed by atoms with Crippen LogP contribution in [-0.2, 0) is 4.74 Å². The van der Waals surface area contributed by atoms with E-state index in [2.05, 4.69) is 4.99 Å². The van der Waals surface area contributed by atoms with Crippen molar-refractivity contribution in [2.75, 3.05) is 46.4 Å². The Balaban J connectivity index is 0.00000420. The second-order valence-corrected chi connectivity index (χ2v) is 7.58. The fourth-order valence-corrected chi connectivity index (χ4v) is 2.68. The Morgan fingerprint density at radius 1 is 1.14 bits per heavy atom. The number of rotatable bonds is 6. The van der Waals surface area contributed by atoms with Crippen LogP contribution in [0.4, 0.5) is 4.79 Å². The maximum absolute atomic E-state index is 12.1. The van der Waals surface area contributed by atoms with Crippen LogP contribution in [0.15, 0.2) is 29.3 Å². The highest BCUT2D eigenvalue weighted by molar-refractivity contribution is 14.0. The molecule has 0 atom stereocenters. The van der Waals surface area contributed by atoms with E-state index in [0.717, 1.165) is 17.9 Å². The number of guanidine groups is 1. The third-order valence-electron chi connectivity index (χ3n) is 4.14. The van der Waals surface area contributed by atoms with Gasteiger partial charge in [0.25, 0.3) is 0 Å². The zero-order valence-corrected chi connectivity index (χ0v) is 20.0. The Hall–Kier alpha value is -1.91. The second-order valence-electron chi connectivity index (χ2n) is 7.58. The number of hydrogen-bond donors (Lipinski definition) is 1. The van der Waals surface area contributed by atoms with Crippen molar-refractivity contribution < 1.29 is 19.0 Å². The van der Waals surface area contributed by atoms with E-state index >= 15 is 0 Å². The largest absolute Gasteiger partial charge is 0.497 e. The molecule has 2 N–H and O–H groups in total. The molecule has 164 valence electrons. The molecule has 1 aromatic rings. The number of amides is 1. The number of nitrogens with two attached hydrogens (primary N) is 1. The number of carbonyl (C=O) groups is 1. The Morgan fingerprint density at radius 2 is 1.76 bits per heavy atom. The monoisotopic (exact) mass is 520 g/mol. The van der Waals surface area contributed by atoms with E-state index in [9.17, 15) is 4.79 Å². The molecule has 1 amide bonds. The maximum Gasteiger partial charge on any atom is 0.410 e. The summed E-state index contributed by atoms with van der Waals surface area (Å²) in [5, 5.41) is 0. The fraction of sp³-hybridized carbons (Fsp3) is 0.600. The molecule has 1 aliphatic heterocycles. The number of nitrogens with zero attached hydrogens (tertiary/aromatic N) is 3. The van der Waals surface area contributed by atoms with Crippen molar-refractivity contribution in [2.24, 2.45) is 10.7 Å². The predicted octanol–water partition coefficient (Wildman–Crippen LogP) is 2.95. The summed E-state index contributed by atoms with van der Waals surface area (Å²) in [6.07, 6.45) is 0.479. The van der Waals surface area contributed by atoms with Crippen LogP contribution in [-0.4, -0.2) is 73.9 Å². The zero-order valence-electron chi connectivity index (χ0n) is 17.7. The van der Waals surface area contributed by atoms with Crippen LogP contribution < -0.4 is 15.2 Å². The van der Waals surface area contributed by atoms with Gasteiger partial charge >= 0.3 is 6.09 Å². The lowest BCUT2D eigenvalue weighted by Crippen LogP contribution is -2.53. The Bertz CT molecular complexity index is 671. The van der Waals surface area contributed by atoms with Gasteiger partial charge in [0.05, 0.1) is 13.7 Å². The minimum atomic E-state index is -0.484. The summed E-state index contributed by atoms with van der Waals surface area (Å²) in [5.74, 6) is 2.05. The normalized spacial score (nSPS) is 14.8. The van der Waals surface area contributed by atoms with Crippen molar-refractivity contribution in [3.8, 4) is 11.5 Å². The molecule has 0 aromatic heterocycles. The highest BCUT2D eigenvalue weighted by Gasteiger charge is 2.26. The van der Waals surface area contributed by atoms with Gasteiger partial charge in [-0.15, -0.1) is 24.0 Å². The van der Waals surface area contributed by atoms with E-state index in [1.807, 2.05) is 49.9 Å². The second kappa shape index (κ2) is 11.9. The van der Waals surface area contributed by atoms with Gasteiger partial charge in [0.1, 0.15) is 17.1 Å². The number of aliphatic imine (C=N–C) groups is 1. The number of methoxy groups -OCH3 is 1. The van der Waals surface area contributed by atoms with E-state index in [4.69, 9.17) is 19.9 Å². The highest BCUT2D eigenvalue weighted by Crippen LogP contribution is 2.18. The maximum atomic E-state index is 12.1. The molecular formula is C20H33IN4O4. The number of piperazine rings is 1. The van der Waals surface area contributed by atoms with Gasteiger partial charge in [-0.2, -0.15) is 0 Å². The quantitative estimate of drug-likeness (QED) is 0.269. The number of halogens is 1. The number of benzene rings is 1. The molecule has 1 saturated heterocycles. The first-order chi connectivity index (χ1) is 13.3. The van der Waals surface area contributed by atoms with Crippen LogP contribution in [0, 0.1) is 0 Å². The summed E-state index contributed by atoms with van der Waals surface area (Å²) in [6, 6.07) is 7.51. The van der Waals surface area contributed by atoms with Gasteiger partial charge in [0.15, 0.2) is 5.96 Å². The average Bonchev–Trinajstić information content (AvgIpc) is 2.66. The van der Waals surface area contributed by atoms with Gasteiger partial charge in [-0.05, 0) is 32.9 Å². The first kappa shape index (κ1) is 25.1. The summed E-state index contributed by atoms with van der Waals surface area (Å²) >= 11 is 0. The van der Waals surface area contributed by atoms with Crippen LogP contribution in [0.5, 0.6) is 11.5 Å². The molecule has 0 aliphatic carbocycles. The Kier molecular flexibility index (Phi) is 10.3. The first-order valence-corrected chi connectivity index (χ1v) is 9.58. The molecule has 1 aliphatic rings. The van der Waals surface area contributed by atoms with E-state index in [1.165, 1.54) is 0 Å². The van der Waals surface area contributed by atoms with Gasteiger partial charge in [-0.25, -0.2) is 4.79 Å². The summed E-state index contributed by atoms with van der Waals surface area (Å²) in [5.41, 5.74) is 5.60. The van der Waals surface area contributed by atoms with Crippen molar-refractivity contribution in [3.05, 3.63) is 24.3 Å². The molecule has 1 heterocycles. The SMILES string of the molecule is COc1cccc(OCCCN=C(N)N2CCN(C(=O)OC(C)(C)C)CC2)c1.I. The van der Waals surface area contributed by atoms with Gasteiger partial charge in [0, 0.05) is 45.2 Å². The smallest absolute Gasteiger partial charge is 0.410 e. The third-order valence-corrected chi connectivity index (χ3v) is 4.14. The standard InChI is InChI=1S/C20H32N4O4.HI/c1-20(2,3)28-19(25)24-12-10-23(11-13-24)18(21)22-9-6-14-27-17-8-5-7-16(15-17)26-4;/h5,7-8,15H,6,9-14H2,1-4H3,(H2,21,22);1H. The number of ether oxygens (including phenoxy) is 3. The average molecular weight is 520 g/mol. The van der Waals surface area contributed by atoms with E-state index in [1.54, 1.807) is 12.0 Å². The van der Waals surface area contributed by atoms with Gasteiger partial charge in [-0.1, -0.05) is 6.07 Å². The molecule has 1 fully saturated rings. The fourth-order valence-electron chi connectivity index (χ4n) is 2.68. The topological polar surface area (TPSA) is 89.6 Å². The lowest BCUT2D eigenvalue weighted by atomic mass is 10.2. The molecule has 29 heavy (non-hydrogen) atoms. The molecular weight excluding hydrogens is 487 g/mol. The highest BCUT2D eigenvalue weighted by atomic mass is 127. The Labute approximate surface area is 190 Å². The number of hydrogen-bond acceptors (Lipinski definition) is 5. The molecule has 2 rings (SSSR count). The van der Waals surface area contributed by atoms with Crippen LogP contribution in [0.3, 0.4) is 0 Å². The van der Waals surface area contributed by atoms with Crippen LogP contribution >= 0.6 is 24.0 Å². The lowest BCUT2D eigenvalue weighted by Gasteiger charge is -2.36. The zero-order chi connectivity index (χ0) is 20.6. The summed E-state index contributed by atoms with van der Waals surface area (Å²) in [7, 11) is 1.63. The minimum absolute atomic E-state index is 0. The lowest BCUT2D eigenvalue weighted by molar-refractivity contribution is 0.0186. The van der Waals surface area contributed by atoms with Crippen molar-refractivity contribution in [3.63, 3.8) is 0 Å². The van der Waals surface area contributed by atoms with Crippen molar-refractivity contribution in [1.29, 1.82) is 0 Å². The summed E-state index contributed by atoms with van der Waals surface area (Å²) in [4.78, 5) is 20.2. The van der Waals surface area contributed by atoms with Crippen LogP contribution in [0.25, 0.3) is 0 Å².